The number of amides is 1. The van der Waals surface area contributed by atoms with E-state index in [9.17, 15) is 9.18 Å². The predicted octanol–water partition coefficient (Wildman–Crippen LogP) is 5.49. The highest BCUT2D eigenvalue weighted by Gasteiger charge is 2.44. The lowest BCUT2D eigenvalue weighted by atomic mass is 9.99. The monoisotopic (exact) mass is 570 g/mol. The van der Waals surface area contributed by atoms with Gasteiger partial charge in [0.25, 0.3) is 5.91 Å². The highest BCUT2D eigenvalue weighted by Crippen LogP contribution is 2.46. The second kappa shape index (κ2) is 12.5. The molecule has 5 atom stereocenters. The minimum Gasteiger partial charge on any atom is -0.380 e. The van der Waals surface area contributed by atoms with E-state index in [0.717, 1.165) is 42.9 Å². The first-order valence-corrected chi connectivity index (χ1v) is 16.2. The number of hydrogen-bond acceptors (Lipinski definition) is 7. The standard InChI is InChI=1S/C29H37FN4O3S.C2H6/c30-23-3-1-18(2-4-23)12-33-13-20-7-19(8-21(20)14-33)17-38-34-25-5-6-26(34)10-24(9-25)31-29(35)27-11-28(37-32-27)22-15-36-16-22;1-2/h1-4,11,19-22,24-26H,5-10,12-17H2,(H,31,35);1-2H3/t19?,20?,21?,24?,25-,26?;/m0./s1. The molecule has 7 rings (SSSR count). The molecule has 4 saturated heterocycles. The lowest BCUT2D eigenvalue weighted by Crippen LogP contribution is -2.48. The zero-order chi connectivity index (χ0) is 27.6. The van der Waals surface area contributed by atoms with Gasteiger partial charge in [-0.1, -0.05) is 43.1 Å². The number of piperidine rings is 1. The number of hydrogen-bond donors (Lipinski definition) is 1. The number of nitrogens with one attached hydrogen (secondary N) is 1. The van der Waals surface area contributed by atoms with Crippen molar-refractivity contribution in [3.05, 3.63) is 53.2 Å². The Morgan fingerprint density at radius 1 is 1.05 bits per heavy atom. The van der Waals surface area contributed by atoms with Crippen LogP contribution in [-0.4, -0.2) is 70.5 Å². The van der Waals surface area contributed by atoms with Gasteiger partial charge in [0.2, 0.25) is 0 Å². The first kappa shape index (κ1) is 28.2. The third-order valence-electron chi connectivity index (χ3n) is 9.51. The molecule has 5 heterocycles. The highest BCUT2D eigenvalue weighted by molar-refractivity contribution is 7.97. The van der Waals surface area contributed by atoms with Crippen molar-refractivity contribution in [2.75, 3.05) is 32.1 Å². The predicted molar refractivity (Wildman–Crippen MR) is 154 cm³/mol. The number of ether oxygens (including phenoxy) is 1. The maximum Gasteiger partial charge on any atom is 0.273 e. The van der Waals surface area contributed by atoms with Crippen molar-refractivity contribution >= 4 is 17.9 Å². The van der Waals surface area contributed by atoms with Crippen LogP contribution in [0.1, 0.15) is 80.1 Å². The third kappa shape index (κ3) is 6.13. The largest absolute Gasteiger partial charge is 0.380 e. The van der Waals surface area contributed by atoms with Gasteiger partial charge >= 0.3 is 0 Å². The fraction of sp³-hybridized carbons (Fsp3) is 0.677. The van der Waals surface area contributed by atoms with E-state index in [1.54, 1.807) is 18.2 Å². The Hall–Kier alpha value is -1.94. The summed E-state index contributed by atoms with van der Waals surface area (Å²) in [7, 11) is 0. The summed E-state index contributed by atoms with van der Waals surface area (Å²) in [4.78, 5) is 15.4. The highest BCUT2D eigenvalue weighted by atomic mass is 32.2. The van der Waals surface area contributed by atoms with Crippen molar-refractivity contribution in [3.63, 3.8) is 0 Å². The van der Waals surface area contributed by atoms with Gasteiger partial charge in [0.15, 0.2) is 5.69 Å². The van der Waals surface area contributed by atoms with E-state index in [4.69, 9.17) is 9.26 Å². The summed E-state index contributed by atoms with van der Waals surface area (Å²) in [5.41, 5.74) is 1.60. The van der Waals surface area contributed by atoms with E-state index >= 15 is 0 Å². The average Bonchev–Trinajstić information content (AvgIpc) is 3.68. The smallest absolute Gasteiger partial charge is 0.273 e. The molecule has 1 N–H and O–H groups in total. The van der Waals surface area contributed by atoms with E-state index in [1.165, 1.54) is 50.1 Å². The molecule has 40 heavy (non-hydrogen) atoms. The Balaban J connectivity index is 0.00000142. The summed E-state index contributed by atoms with van der Waals surface area (Å²) >= 11 is 2.08. The summed E-state index contributed by atoms with van der Waals surface area (Å²) in [5.74, 6) is 4.38. The van der Waals surface area contributed by atoms with Gasteiger partial charge in [0.1, 0.15) is 11.6 Å². The normalized spacial score (nSPS) is 31.9. The lowest BCUT2D eigenvalue weighted by Gasteiger charge is -2.38. The van der Waals surface area contributed by atoms with Crippen molar-refractivity contribution < 1.29 is 18.4 Å². The molecule has 1 amide bonds. The van der Waals surface area contributed by atoms with Crippen LogP contribution in [0.5, 0.6) is 0 Å². The van der Waals surface area contributed by atoms with Crippen LogP contribution in [-0.2, 0) is 11.3 Å². The quantitative estimate of drug-likeness (QED) is 0.421. The van der Waals surface area contributed by atoms with Gasteiger partial charge in [0.05, 0.1) is 19.1 Å². The molecule has 4 aliphatic heterocycles. The van der Waals surface area contributed by atoms with Gasteiger partial charge < -0.3 is 14.6 Å². The van der Waals surface area contributed by atoms with E-state index in [2.05, 4.69) is 31.6 Å². The molecule has 2 bridgehead atoms. The van der Waals surface area contributed by atoms with E-state index in [-0.39, 0.29) is 23.7 Å². The van der Waals surface area contributed by atoms with Crippen molar-refractivity contribution in [2.24, 2.45) is 17.8 Å². The van der Waals surface area contributed by atoms with E-state index in [1.807, 2.05) is 26.0 Å². The molecule has 1 aliphatic carbocycles. The van der Waals surface area contributed by atoms with Crippen molar-refractivity contribution in [1.29, 1.82) is 0 Å². The number of halogens is 1. The molecule has 2 aromatic rings. The van der Waals surface area contributed by atoms with Crippen molar-refractivity contribution in [1.82, 2.24) is 19.7 Å². The number of carbonyl (C=O) groups is 1. The van der Waals surface area contributed by atoms with E-state index < -0.39 is 0 Å². The number of carbonyl (C=O) groups excluding carboxylic acids is 1. The number of likely N-dealkylation sites (tertiary alicyclic amines) is 1. The van der Waals surface area contributed by atoms with Crippen LogP contribution in [0.2, 0.25) is 0 Å². The molecule has 1 aromatic heterocycles. The Morgan fingerprint density at radius 3 is 2.35 bits per heavy atom. The molecule has 1 saturated carbocycles. The maximum absolute atomic E-state index is 13.2. The fourth-order valence-corrected chi connectivity index (χ4v) is 9.00. The summed E-state index contributed by atoms with van der Waals surface area (Å²) < 4.78 is 26.5. The van der Waals surface area contributed by atoms with Crippen molar-refractivity contribution in [2.45, 2.75) is 83.0 Å². The molecule has 5 aliphatic rings. The molecule has 9 heteroatoms. The topological polar surface area (TPSA) is 70.8 Å². The van der Waals surface area contributed by atoms with Crippen LogP contribution in [0.3, 0.4) is 0 Å². The van der Waals surface area contributed by atoms with Crippen LogP contribution < -0.4 is 5.32 Å². The molecule has 4 unspecified atom stereocenters. The van der Waals surface area contributed by atoms with Crippen LogP contribution in [0.4, 0.5) is 4.39 Å². The summed E-state index contributed by atoms with van der Waals surface area (Å²) in [6.45, 7) is 8.60. The van der Waals surface area contributed by atoms with Gasteiger partial charge in [0, 0.05) is 49.6 Å². The first-order valence-electron chi connectivity index (χ1n) is 15.3. The Labute approximate surface area is 241 Å². The Kier molecular flexibility index (Phi) is 8.82. The Bertz CT molecular complexity index is 1110. The number of fused-ring (bicyclic) bond motifs is 3. The molecule has 218 valence electrons. The molecule has 0 spiro atoms. The molecule has 5 fully saturated rings. The molecule has 0 radical (unpaired) electrons. The van der Waals surface area contributed by atoms with Crippen LogP contribution in [0.25, 0.3) is 0 Å². The molecule has 1 aromatic carbocycles. The summed E-state index contributed by atoms with van der Waals surface area (Å²) in [5, 5.41) is 7.25. The lowest BCUT2D eigenvalue weighted by molar-refractivity contribution is -0.00228. The van der Waals surface area contributed by atoms with Gasteiger partial charge in [-0.3, -0.25) is 9.69 Å². The number of rotatable bonds is 8. The zero-order valence-corrected chi connectivity index (χ0v) is 24.6. The number of benzene rings is 1. The number of nitrogens with zero attached hydrogens (tertiary/aromatic N) is 3. The van der Waals surface area contributed by atoms with Gasteiger partial charge in [-0.15, -0.1) is 0 Å². The minimum atomic E-state index is -0.157. The fourth-order valence-electron chi connectivity index (χ4n) is 7.54. The molecular weight excluding hydrogens is 527 g/mol. The number of aromatic nitrogens is 1. The van der Waals surface area contributed by atoms with Gasteiger partial charge in [-0.2, -0.15) is 0 Å². The third-order valence-corrected chi connectivity index (χ3v) is 11.0. The molecular formula is C31H43FN4O3S. The van der Waals surface area contributed by atoms with Crippen molar-refractivity contribution in [3.8, 4) is 0 Å². The zero-order valence-electron chi connectivity index (χ0n) is 23.8. The van der Waals surface area contributed by atoms with E-state index in [0.29, 0.717) is 31.0 Å². The Morgan fingerprint density at radius 2 is 1.73 bits per heavy atom. The average molecular weight is 571 g/mol. The SMILES string of the molecule is CC.O=C(NC1CC2CC[C@@H](C1)N2SCC1CC2CN(Cc3ccc(F)cc3)CC2C1)c1cc(C2COC2)on1. The second-order valence-electron chi connectivity index (χ2n) is 12.2. The van der Waals surface area contributed by atoms with Crippen LogP contribution in [0.15, 0.2) is 34.9 Å². The molecule has 7 nitrogen and oxygen atoms in total. The van der Waals surface area contributed by atoms with Gasteiger partial charge in [-0.25, -0.2) is 8.70 Å². The minimum absolute atomic E-state index is 0.114. The summed E-state index contributed by atoms with van der Waals surface area (Å²) in [6.07, 6.45) is 7.18. The van der Waals surface area contributed by atoms with Crippen LogP contribution in [0, 0.1) is 23.6 Å². The first-order chi connectivity index (χ1) is 19.6. The van der Waals surface area contributed by atoms with Crippen LogP contribution >= 0.6 is 11.9 Å². The summed E-state index contributed by atoms with van der Waals surface area (Å²) in [6, 6.07) is 10.1. The maximum atomic E-state index is 13.2. The second-order valence-corrected chi connectivity index (χ2v) is 13.2. The van der Waals surface area contributed by atoms with Gasteiger partial charge in [-0.05, 0) is 74.0 Å².